The minimum atomic E-state index is -0.540. The number of ether oxygens (including phenoxy) is 1. The van der Waals surface area contributed by atoms with Crippen molar-refractivity contribution in [3.05, 3.63) is 62.6 Å². The van der Waals surface area contributed by atoms with Crippen molar-refractivity contribution >= 4 is 44.4 Å². The van der Waals surface area contributed by atoms with Gasteiger partial charge in [-0.15, -0.1) is 0 Å². The second-order valence-electron chi connectivity index (χ2n) is 8.50. The number of hydrogen-bond donors (Lipinski definition) is 2. The summed E-state index contributed by atoms with van der Waals surface area (Å²) in [5.41, 5.74) is 2.47. The number of aromatic amines is 1. The maximum absolute atomic E-state index is 13.0. The molecule has 2 atom stereocenters. The van der Waals surface area contributed by atoms with Crippen molar-refractivity contribution in [1.82, 2.24) is 14.5 Å². The van der Waals surface area contributed by atoms with E-state index in [2.05, 4.69) is 31.1 Å². The largest absolute Gasteiger partial charge is 0.464 e. The smallest absolute Gasteiger partial charge is 0.356 e. The lowest BCUT2D eigenvalue weighted by Crippen LogP contribution is -2.49. The van der Waals surface area contributed by atoms with Gasteiger partial charge in [0.05, 0.1) is 19.3 Å². The summed E-state index contributed by atoms with van der Waals surface area (Å²) in [6, 6.07) is 11.0. The van der Waals surface area contributed by atoms with Crippen molar-refractivity contribution < 1.29 is 14.3 Å². The molecule has 1 unspecified atom stereocenters. The zero-order chi connectivity index (χ0) is 22.4. The molecule has 2 aromatic heterocycles. The van der Waals surface area contributed by atoms with Crippen LogP contribution in [0.4, 0.5) is 5.69 Å². The molecular weight excluding hydrogens is 476 g/mol. The highest BCUT2D eigenvalue weighted by molar-refractivity contribution is 9.10. The van der Waals surface area contributed by atoms with Crippen LogP contribution in [0.3, 0.4) is 0 Å². The Morgan fingerprint density at radius 2 is 2.06 bits per heavy atom. The highest BCUT2D eigenvalue weighted by Crippen LogP contribution is 2.35. The number of anilines is 1. The van der Waals surface area contributed by atoms with E-state index >= 15 is 0 Å². The number of halogens is 1. The summed E-state index contributed by atoms with van der Waals surface area (Å²) in [4.78, 5) is 42.7. The summed E-state index contributed by atoms with van der Waals surface area (Å²) in [5.74, 6) is -0.161. The summed E-state index contributed by atoms with van der Waals surface area (Å²) < 4.78 is 7.61. The van der Waals surface area contributed by atoms with E-state index in [1.54, 1.807) is 6.07 Å². The number of pyridine rings is 1. The van der Waals surface area contributed by atoms with E-state index in [1.165, 1.54) is 7.11 Å². The molecule has 32 heavy (non-hydrogen) atoms. The monoisotopic (exact) mass is 498 g/mol. The van der Waals surface area contributed by atoms with Gasteiger partial charge in [-0.1, -0.05) is 22.0 Å². The maximum Gasteiger partial charge on any atom is 0.356 e. The quantitative estimate of drug-likeness (QED) is 0.539. The van der Waals surface area contributed by atoms with E-state index < -0.39 is 5.97 Å². The van der Waals surface area contributed by atoms with Crippen molar-refractivity contribution in [3.8, 4) is 0 Å². The Kier molecular flexibility index (Phi) is 5.38. The van der Waals surface area contributed by atoms with Crippen LogP contribution < -0.4 is 10.9 Å². The lowest BCUT2D eigenvalue weighted by Gasteiger charge is -2.42. The molecule has 3 aromatic rings. The van der Waals surface area contributed by atoms with Crippen molar-refractivity contribution in [2.75, 3.05) is 32.1 Å². The third kappa shape index (κ3) is 3.75. The van der Waals surface area contributed by atoms with Gasteiger partial charge in [0.2, 0.25) is 5.91 Å². The van der Waals surface area contributed by atoms with Crippen LogP contribution in [0, 0.1) is 5.92 Å². The summed E-state index contributed by atoms with van der Waals surface area (Å²) >= 11 is 3.45. The van der Waals surface area contributed by atoms with Crippen LogP contribution in [0.15, 0.2) is 45.7 Å². The van der Waals surface area contributed by atoms with Crippen LogP contribution in [0.25, 0.3) is 10.9 Å². The predicted molar refractivity (Wildman–Crippen MR) is 124 cm³/mol. The average molecular weight is 499 g/mol. The number of methoxy groups -OCH3 is 1. The number of rotatable bonds is 4. The Bertz CT molecular complexity index is 1280. The average Bonchev–Trinajstić information content (AvgIpc) is 3.11. The minimum absolute atomic E-state index is 0.0456. The number of aromatic nitrogens is 2. The number of piperidine rings is 1. The summed E-state index contributed by atoms with van der Waals surface area (Å²) in [6.45, 7) is 2.38. The summed E-state index contributed by atoms with van der Waals surface area (Å²) in [6.07, 6.45) is 1.03. The number of carbonyl (C=O) groups excluding carboxylic acids is 2. The number of likely N-dealkylation sites (tertiary alicyclic amines) is 1. The Balaban J connectivity index is 1.36. The highest BCUT2D eigenvalue weighted by Gasteiger charge is 2.35. The second kappa shape index (κ2) is 8.22. The van der Waals surface area contributed by atoms with Crippen molar-refractivity contribution in [1.29, 1.82) is 0 Å². The fourth-order valence-electron chi connectivity index (χ4n) is 5.06. The van der Waals surface area contributed by atoms with Gasteiger partial charge in [0.1, 0.15) is 5.69 Å². The number of benzene rings is 1. The second-order valence-corrected chi connectivity index (χ2v) is 9.41. The number of esters is 1. The first-order valence-electron chi connectivity index (χ1n) is 10.5. The van der Waals surface area contributed by atoms with Crippen molar-refractivity contribution in [3.63, 3.8) is 0 Å². The van der Waals surface area contributed by atoms with Crippen LogP contribution in [-0.4, -0.2) is 53.1 Å². The number of amides is 1. The number of H-pyrrole nitrogens is 1. The van der Waals surface area contributed by atoms with Gasteiger partial charge in [-0.25, -0.2) is 4.79 Å². The van der Waals surface area contributed by atoms with Gasteiger partial charge in [0.25, 0.3) is 5.56 Å². The Morgan fingerprint density at radius 1 is 1.22 bits per heavy atom. The van der Waals surface area contributed by atoms with Gasteiger partial charge in [-0.3, -0.25) is 14.5 Å². The van der Waals surface area contributed by atoms with Crippen LogP contribution >= 0.6 is 15.9 Å². The molecule has 0 saturated carbocycles. The maximum atomic E-state index is 13.0. The molecule has 0 radical (unpaired) electrons. The molecule has 1 aromatic carbocycles. The van der Waals surface area contributed by atoms with Gasteiger partial charge < -0.3 is 19.6 Å². The molecular formula is C23H23BrN4O4. The number of carbonyl (C=O) groups is 2. The highest BCUT2D eigenvalue weighted by atomic mass is 79.9. The van der Waals surface area contributed by atoms with E-state index in [0.29, 0.717) is 18.2 Å². The molecule has 0 spiro atoms. The normalized spacial score (nSPS) is 20.1. The molecule has 1 fully saturated rings. The predicted octanol–water partition coefficient (Wildman–Crippen LogP) is 2.94. The number of nitrogens with one attached hydrogen (secondary N) is 2. The van der Waals surface area contributed by atoms with Crippen LogP contribution in [0.5, 0.6) is 0 Å². The minimum Gasteiger partial charge on any atom is -0.464 e. The third-order valence-electron chi connectivity index (χ3n) is 6.34. The zero-order valence-corrected chi connectivity index (χ0v) is 19.1. The third-order valence-corrected chi connectivity index (χ3v) is 6.83. The first-order chi connectivity index (χ1) is 15.4. The topological polar surface area (TPSA) is 96.4 Å². The van der Waals surface area contributed by atoms with Crippen molar-refractivity contribution in [2.45, 2.75) is 18.9 Å². The molecule has 2 bridgehead atoms. The van der Waals surface area contributed by atoms with Gasteiger partial charge >= 0.3 is 5.97 Å². The molecule has 0 aliphatic carbocycles. The standard InChI is InChI=1S/C23H23BrN4O4/c1-32-23(31)22-21(16-8-15(24)5-6-17(16)25-22)26-19(29)12-27-9-13-7-14(11-27)18-3-2-4-20(30)28(18)10-13/h2-6,8,13-14,25H,7,9-12H2,1H3,(H,26,29)/t13-,14?/m1/s1. The molecule has 1 saturated heterocycles. The molecule has 2 aliphatic rings. The lowest BCUT2D eigenvalue weighted by molar-refractivity contribution is -0.117. The molecule has 8 nitrogen and oxygen atoms in total. The SMILES string of the molecule is COC(=O)c1[nH]c2ccc(Br)cc2c1NC(=O)CN1CC2C[C@H](C1)Cn1c2cccc1=O. The molecule has 166 valence electrons. The van der Waals surface area contributed by atoms with Crippen LogP contribution in [0.1, 0.15) is 28.5 Å². The van der Waals surface area contributed by atoms with Gasteiger partial charge in [-0.2, -0.15) is 0 Å². The van der Waals surface area contributed by atoms with E-state index in [9.17, 15) is 14.4 Å². The van der Waals surface area contributed by atoms with E-state index in [0.717, 1.165) is 40.6 Å². The van der Waals surface area contributed by atoms with Crippen LogP contribution in [0.2, 0.25) is 0 Å². The Labute approximate surface area is 192 Å². The molecule has 2 N–H and O–H groups in total. The number of fused-ring (bicyclic) bond motifs is 5. The lowest BCUT2D eigenvalue weighted by atomic mass is 9.83. The Morgan fingerprint density at radius 3 is 2.88 bits per heavy atom. The van der Waals surface area contributed by atoms with E-state index in [-0.39, 0.29) is 29.6 Å². The fraction of sp³-hybridized carbons (Fsp3) is 0.348. The number of nitrogens with zero attached hydrogens (tertiary/aromatic N) is 2. The van der Waals surface area contributed by atoms with Gasteiger partial charge in [0.15, 0.2) is 0 Å². The van der Waals surface area contributed by atoms with E-state index in [1.807, 2.05) is 34.9 Å². The number of hydrogen-bond acceptors (Lipinski definition) is 5. The Hall–Kier alpha value is -2.91. The molecule has 5 rings (SSSR count). The molecule has 4 heterocycles. The van der Waals surface area contributed by atoms with Gasteiger partial charge in [-0.05, 0) is 36.6 Å². The summed E-state index contributed by atoms with van der Waals surface area (Å²) in [7, 11) is 1.31. The zero-order valence-electron chi connectivity index (χ0n) is 17.6. The fourth-order valence-corrected chi connectivity index (χ4v) is 5.42. The van der Waals surface area contributed by atoms with E-state index in [4.69, 9.17) is 4.74 Å². The molecule has 9 heteroatoms. The van der Waals surface area contributed by atoms with Crippen LogP contribution in [-0.2, 0) is 16.1 Å². The summed E-state index contributed by atoms with van der Waals surface area (Å²) in [5, 5.41) is 3.66. The molecule has 2 aliphatic heterocycles. The van der Waals surface area contributed by atoms with Gasteiger partial charge in [0, 0.05) is 52.7 Å². The first-order valence-corrected chi connectivity index (χ1v) is 11.3. The van der Waals surface area contributed by atoms with Crippen molar-refractivity contribution in [2.24, 2.45) is 5.92 Å². The first kappa shape index (κ1) is 21.0. The molecule has 1 amide bonds.